The van der Waals surface area contributed by atoms with Crippen molar-refractivity contribution >= 4 is 33.8 Å². The number of aldehydes is 1. The number of carbonyl (C=O) groups excluding carboxylic acids is 1. The van der Waals surface area contributed by atoms with Crippen LogP contribution in [0.25, 0.3) is 0 Å². The van der Waals surface area contributed by atoms with Gasteiger partial charge in [0.15, 0.2) is 11.5 Å². The molecular weight excluding hydrogens is 363 g/mol. The van der Waals surface area contributed by atoms with Crippen LogP contribution >= 0.6 is 27.5 Å². The standard InChI is InChI=1S/C15H11BrClFO3/c1-20-13-6-9(7-19)5-11(17)15(13)21-8-10-3-2-4-12(18)14(10)16/h2-7H,8H2,1H3. The SMILES string of the molecule is COc1cc(C=O)cc(Cl)c1OCc1cccc(F)c1Br. The highest BCUT2D eigenvalue weighted by atomic mass is 79.9. The fraction of sp³-hybridized carbons (Fsp3) is 0.133. The topological polar surface area (TPSA) is 35.5 Å². The minimum atomic E-state index is -0.370. The van der Waals surface area contributed by atoms with Crippen molar-refractivity contribution in [3.8, 4) is 11.5 Å². The molecule has 0 unspecified atom stereocenters. The fourth-order valence-electron chi connectivity index (χ4n) is 1.76. The van der Waals surface area contributed by atoms with Crippen molar-refractivity contribution in [3.63, 3.8) is 0 Å². The van der Waals surface area contributed by atoms with Gasteiger partial charge in [-0.25, -0.2) is 4.39 Å². The van der Waals surface area contributed by atoms with E-state index in [4.69, 9.17) is 21.1 Å². The lowest BCUT2D eigenvalue weighted by Crippen LogP contribution is -2.01. The number of benzene rings is 2. The Bertz CT molecular complexity index is 676. The molecule has 0 saturated carbocycles. The van der Waals surface area contributed by atoms with Crippen LogP contribution in [0.4, 0.5) is 4.39 Å². The smallest absolute Gasteiger partial charge is 0.180 e. The zero-order valence-corrected chi connectivity index (χ0v) is 13.4. The lowest BCUT2D eigenvalue weighted by Gasteiger charge is -2.13. The second-order valence-corrected chi connectivity index (χ2v) is 5.35. The first-order valence-electron chi connectivity index (χ1n) is 5.95. The van der Waals surface area contributed by atoms with E-state index in [1.807, 2.05) is 0 Å². The average Bonchev–Trinajstić information content (AvgIpc) is 2.49. The molecule has 6 heteroatoms. The first-order valence-corrected chi connectivity index (χ1v) is 7.12. The van der Waals surface area contributed by atoms with Crippen molar-refractivity contribution in [2.24, 2.45) is 0 Å². The van der Waals surface area contributed by atoms with Gasteiger partial charge >= 0.3 is 0 Å². The Balaban J connectivity index is 2.27. The molecule has 0 atom stereocenters. The molecule has 0 amide bonds. The molecule has 0 spiro atoms. The number of ether oxygens (including phenoxy) is 2. The highest BCUT2D eigenvalue weighted by molar-refractivity contribution is 9.10. The summed E-state index contributed by atoms with van der Waals surface area (Å²) in [4.78, 5) is 10.8. The molecule has 0 fully saturated rings. The first-order chi connectivity index (χ1) is 10.1. The molecule has 0 radical (unpaired) electrons. The van der Waals surface area contributed by atoms with Crippen LogP contribution in [0.15, 0.2) is 34.8 Å². The van der Waals surface area contributed by atoms with E-state index in [0.717, 1.165) is 0 Å². The number of halogens is 3. The maximum absolute atomic E-state index is 13.4. The van der Waals surface area contributed by atoms with Gasteiger partial charge in [0.05, 0.1) is 16.6 Å². The van der Waals surface area contributed by atoms with Crippen LogP contribution < -0.4 is 9.47 Å². The Labute approximate surface area is 134 Å². The molecule has 0 bridgehead atoms. The van der Waals surface area contributed by atoms with Crippen LogP contribution in [0.3, 0.4) is 0 Å². The van der Waals surface area contributed by atoms with Gasteiger partial charge < -0.3 is 9.47 Å². The molecule has 3 nitrogen and oxygen atoms in total. The van der Waals surface area contributed by atoms with Crippen LogP contribution in [0, 0.1) is 5.82 Å². The molecule has 2 aromatic carbocycles. The van der Waals surface area contributed by atoms with Gasteiger partial charge in [0.1, 0.15) is 18.7 Å². The van der Waals surface area contributed by atoms with Crippen LogP contribution in [-0.2, 0) is 6.61 Å². The van der Waals surface area contributed by atoms with Gasteiger partial charge in [-0.2, -0.15) is 0 Å². The van der Waals surface area contributed by atoms with Gasteiger partial charge in [-0.1, -0.05) is 23.7 Å². The van der Waals surface area contributed by atoms with Crippen LogP contribution in [0.2, 0.25) is 5.02 Å². The lowest BCUT2D eigenvalue weighted by atomic mass is 10.2. The zero-order chi connectivity index (χ0) is 15.4. The van der Waals surface area contributed by atoms with Crippen LogP contribution in [0.1, 0.15) is 15.9 Å². The molecule has 110 valence electrons. The second kappa shape index (κ2) is 6.91. The summed E-state index contributed by atoms with van der Waals surface area (Å²) < 4.78 is 24.5. The minimum Gasteiger partial charge on any atom is -0.493 e. The monoisotopic (exact) mass is 372 g/mol. The van der Waals surface area contributed by atoms with Crippen molar-refractivity contribution in [1.82, 2.24) is 0 Å². The largest absolute Gasteiger partial charge is 0.493 e. The number of hydrogen-bond acceptors (Lipinski definition) is 3. The van der Waals surface area contributed by atoms with Gasteiger partial charge in [0.25, 0.3) is 0 Å². The maximum Gasteiger partial charge on any atom is 0.180 e. The molecule has 0 heterocycles. The van der Waals surface area contributed by atoms with Gasteiger partial charge in [0, 0.05) is 11.1 Å². The summed E-state index contributed by atoms with van der Waals surface area (Å²) in [5, 5.41) is 0.254. The normalized spacial score (nSPS) is 10.3. The summed E-state index contributed by atoms with van der Waals surface area (Å²) in [5.41, 5.74) is 1.02. The molecule has 0 aliphatic heterocycles. The fourth-order valence-corrected chi connectivity index (χ4v) is 2.41. The van der Waals surface area contributed by atoms with E-state index >= 15 is 0 Å². The zero-order valence-electron chi connectivity index (χ0n) is 11.0. The molecule has 0 saturated heterocycles. The quantitative estimate of drug-likeness (QED) is 0.716. The first kappa shape index (κ1) is 15.8. The Morgan fingerprint density at radius 3 is 2.81 bits per heavy atom. The third-order valence-corrected chi connectivity index (χ3v) is 3.96. The van der Waals surface area contributed by atoms with Crippen LogP contribution in [0.5, 0.6) is 11.5 Å². The molecule has 0 N–H and O–H groups in total. The highest BCUT2D eigenvalue weighted by Gasteiger charge is 2.13. The lowest BCUT2D eigenvalue weighted by molar-refractivity contribution is 0.112. The number of carbonyl (C=O) groups is 1. The van der Waals surface area contributed by atoms with E-state index in [1.54, 1.807) is 12.1 Å². The minimum absolute atomic E-state index is 0.106. The van der Waals surface area contributed by atoms with E-state index in [0.29, 0.717) is 33.4 Å². The molecule has 21 heavy (non-hydrogen) atoms. The van der Waals surface area contributed by atoms with E-state index in [2.05, 4.69) is 15.9 Å². The van der Waals surface area contributed by atoms with Gasteiger partial charge in [-0.05, 0) is 34.1 Å². The Hall–Kier alpha value is -1.59. The van der Waals surface area contributed by atoms with Crippen molar-refractivity contribution in [2.45, 2.75) is 6.61 Å². The summed E-state index contributed by atoms with van der Waals surface area (Å²) in [6.07, 6.45) is 0.668. The predicted molar refractivity (Wildman–Crippen MR) is 81.8 cm³/mol. The second-order valence-electron chi connectivity index (χ2n) is 4.15. The molecule has 2 aromatic rings. The third-order valence-electron chi connectivity index (χ3n) is 2.79. The molecule has 0 aromatic heterocycles. The number of rotatable bonds is 5. The van der Waals surface area contributed by atoms with Crippen molar-refractivity contribution in [3.05, 3.63) is 56.8 Å². The van der Waals surface area contributed by atoms with Gasteiger partial charge in [-0.15, -0.1) is 0 Å². The summed E-state index contributed by atoms with van der Waals surface area (Å²) in [6.45, 7) is 0.106. The number of hydrogen-bond donors (Lipinski definition) is 0. The van der Waals surface area contributed by atoms with Crippen molar-refractivity contribution in [1.29, 1.82) is 0 Å². The average molecular weight is 374 g/mol. The van der Waals surface area contributed by atoms with E-state index in [1.165, 1.54) is 25.3 Å². The molecular formula is C15H11BrClFO3. The Morgan fingerprint density at radius 2 is 2.14 bits per heavy atom. The number of methoxy groups -OCH3 is 1. The van der Waals surface area contributed by atoms with Gasteiger partial charge in [0.2, 0.25) is 0 Å². The highest BCUT2D eigenvalue weighted by Crippen LogP contribution is 2.37. The summed E-state index contributed by atoms with van der Waals surface area (Å²) in [5.74, 6) is 0.281. The summed E-state index contributed by atoms with van der Waals surface area (Å²) in [7, 11) is 1.45. The van der Waals surface area contributed by atoms with Gasteiger partial charge in [-0.3, -0.25) is 4.79 Å². The Morgan fingerprint density at radius 1 is 1.38 bits per heavy atom. The molecule has 0 aliphatic carbocycles. The third kappa shape index (κ3) is 3.54. The van der Waals surface area contributed by atoms with E-state index in [9.17, 15) is 9.18 Å². The Kier molecular flexibility index (Phi) is 5.20. The maximum atomic E-state index is 13.4. The predicted octanol–water partition coefficient (Wildman–Crippen LogP) is 4.64. The molecule has 2 rings (SSSR count). The van der Waals surface area contributed by atoms with Crippen LogP contribution in [-0.4, -0.2) is 13.4 Å². The van der Waals surface area contributed by atoms with E-state index in [-0.39, 0.29) is 17.4 Å². The molecule has 0 aliphatic rings. The van der Waals surface area contributed by atoms with Crippen molar-refractivity contribution < 1.29 is 18.7 Å². The summed E-state index contributed by atoms with van der Waals surface area (Å²) in [6, 6.07) is 7.67. The van der Waals surface area contributed by atoms with E-state index < -0.39 is 0 Å². The van der Waals surface area contributed by atoms with Crippen molar-refractivity contribution in [2.75, 3.05) is 7.11 Å². The summed E-state index contributed by atoms with van der Waals surface area (Å²) >= 11 is 9.24.